The van der Waals surface area contributed by atoms with Crippen molar-refractivity contribution < 1.29 is 18.0 Å². The molecule has 0 bridgehead atoms. The van der Waals surface area contributed by atoms with Crippen LogP contribution in [0.5, 0.6) is 0 Å². The third-order valence-electron chi connectivity index (χ3n) is 4.51. The molecular formula is C17H18ClF3N4O. The summed E-state index contributed by atoms with van der Waals surface area (Å²) in [4.78, 5) is 16.0. The van der Waals surface area contributed by atoms with E-state index in [4.69, 9.17) is 11.6 Å². The molecule has 1 aliphatic heterocycles. The Morgan fingerprint density at radius 1 is 1.19 bits per heavy atom. The lowest BCUT2D eigenvalue weighted by atomic mass is 10.2. The summed E-state index contributed by atoms with van der Waals surface area (Å²) in [5, 5.41) is 4.26. The summed E-state index contributed by atoms with van der Waals surface area (Å²) in [7, 11) is 0. The Balaban J connectivity index is 1.61. The number of rotatable bonds is 4. The molecule has 5 nitrogen and oxygen atoms in total. The lowest BCUT2D eigenvalue weighted by Gasteiger charge is -2.36. The summed E-state index contributed by atoms with van der Waals surface area (Å²) in [5.74, 6) is -1.93. The fourth-order valence-electron chi connectivity index (χ4n) is 2.95. The number of benzene rings is 1. The molecule has 3 rings (SSSR count). The van der Waals surface area contributed by atoms with Gasteiger partial charge in [0.1, 0.15) is 18.9 Å². The van der Waals surface area contributed by atoms with Gasteiger partial charge in [-0.2, -0.15) is 5.10 Å². The highest BCUT2D eigenvalue weighted by molar-refractivity contribution is 6.31. The van der Waals surface area contributed by atoms with Gasteiger partial charge >= 0.3 is 0 Å². The molecule has 1 amide bonds. The normalized spacial score (nSPS) is 14.8. The SMILES string of the molecule is Cc1c(Cl)c(CF)nn1CC(=O)N1CCN(c2ccc(F)c(F)c2)CC1. The standard InChI is InChI=1S/C17H18ClF3N4O/c1-11-17(18)15(9-19)22-25(11)10-16(26)24-6-4-23(5-7-24)12-2-3-13(20)14(21)8-12/h2-3,8H,4-7,9-10H2,1H3. The molecule has 1 aromatic heterocycles. The number of aromatic nitrogens is 2. The molecule has 0 saturated carbocycles. The lowest BCUT2D eigenvalue weighted by molar-refractivity contribution is -0.132. The molecule has 1 fully saturated rings. The highest BCUT2D eigenvalue weighted by Gasteiger charge is 2.23. The van der Waals surface area contributed by atoms with E-state index in [1.807, 2.05) is 4.90 Å². The first kappa shape index (κ1) is 18.6. The van der Waals surface area contributed by atoms with Crippen molar-refractivity contribution in [3.8, 4) is 0 Å². The van der Waals surface area contributed by atoms with E-state index in [9.17, 15) is 18.0 Å². The molecule has 0 aliphatic carbocycles. The van der Waals surface area contributed by atoms with Gasteiger partial charge in [-0.15, -0.1) is 0 Å². The molecule has 0 atom stereocenters. The minimum absolute atomic E-state index is 0.0171. The number of amides is 1. The van der Waals surface area contributed by atoms with Crippen LogP contribution in [0.4, 0.5) is 18.9 Å². The maximum Gasteiger partial charge on any atom is 0.244 e. The number of anilines is 1. The predicted octanol–water partition coefficient (Wildman–Crippen LogP) is 2.94. The molecule has 1 aliphatic rings. The van der Waals surface area contributed by atoms with Crippen LogP contribution >= 0.6 is 11.6 Å². The van der Waals surface area contributed by atoms with Gasteiger partial charge in [-0.25, -0.2) is 13.2 Å². The molecule has 1 aromatic carbocycles. The molecule has 2 aromatic rings. The molecule has 2 heterocycles. The zero-order valence-corrected chi connectivity index (χ0v) is 14.9. The summed E-state index contributed by atoms with van der Waals surface area (Å²) in [5.41, 5.74) is 1.26. The Kier molecular flexibility index (Phi) is 5.41. The number of alkyl halides is 1. The van der Waals surface area contributed by atoms with Crippen LogP contribution in [0, 0.1) is 18.6 Å². The highest BCUT2D eigenvalue weighted by Crippen LogP contribution is 2.22. The minimum Gasteiger partial charge on any atom is -0.368 e. The minimum atomic E-state index is -0.893. The van der Waals surface area contributed by atoms with E-state index in [1.165, 1.54) is 10.7 Å². The van der Waals surface area contributed by atoms with Gasteiger partial charge in [0.05, 0.1) is 10.7 Å². The lowest BCUT2D eigenvalue weighted by Crippen LogP contribution is -2.49. The van der Waals surface area contributed by atoms with Gasteiger partial charge in [-0.3, -0.25) is 9.48 Å². The smallest absolute Gasteiger partial charge is 0.244 e. The van der Waals surface area contributed by atoms with Gasteiger partial charge in [0.2, 0.25) is 5.91 Å². The molecule has 0 spiro atoms. The summed E-state index contributed by atoms with van der Waals surface area (Å²) < 4.78 is 40.6. The summed E-state index contributed by atoms with van der Waals surface area (Å²) in [6, 6.07) is 3.76. The number of piperazine rings is 1. The van der Waals surface area contributed by atoms with E-state index in [0.717, 1.165) is 12.1 Å². The summed E-state index contributed by atoms with van der Waals surface area (Å²) in [6.45, 7) is 2.79. The number of hydrogen-bond donors (Lipinski definition) is 0. The van der Waals surface area contributed by atoms with Crippen molar-refractivity contribution in [1.82, 2.24) is 14.7 Å². The molecule has 140 valence electrons. The van der Waals surface area contributed by atoms with Crippen LogP contribution in [-0.2, 0) is 18.0 Å². The van der Waals surface area contributed by atoms with Crippen molar-refractivity contribution in [2.75, 3.05) is 31.1 Å². The van der Waals surface area contributed by atoms with Crippen LogP contribution in [0.3, 0.4) is 0 Å². The van der Waals surface area contributed by atoms with Crippen molar-refractivity contribution in [2.45, 2.75) is 20.1 Å². The Labute approximate surface area is 153 Å². The zero-order valence-electron chi connectivity index (χ0n) is 14.2. The van der Waals surface area contributed by atoms with Gasteiger partial charge in [0, 0.05) is 37.9 Å². The van der Waals surface area contributed by atoms with Crippen molar-refractivity contribution in [3.63, 3.8) is 0 Å². The van der Waals surface area contributed by atoms with Gasteiger partial charge in [-0.1, -0.05) is 11.6 Å². The van der Waals surface area contributed by atoms with E-state index < -0.39 is 18.3 Å². The van der Waals surface area contributed by atoms with E-state index in [-0.39, 0.29) is 23.2 Å². The number of carbonyl (C=O) groups excluding carboxylic acids is 1. The third kappa shape index (κ3) is 3.65. The monoisotopic (exact) mass is 386 g/mol. The van der Waals surface area contributed by atoms with Gasteiger partial charge in [0.15, 0.2) is 11.6 Å². The van der Waals surface area contributed by atoms with Crippen molar-refractivity contribution >= 4 is 23.2 Å². The summed E-state index contributed by atoms with van der Waals surface area (Å²) in [6.07, 6.45) is 0. The maximum absolute atomic E-state index is 13.4. The third-order valence-corrected chi connectivity index (χ3v) is 5.00. The van der Waals surface area contributed by atoms with Crippen LogP contribution < -0.4 is 4.90 Å². The van der Waals surface area contributed by atoms with E-state index in [2.05, 4.69) is 5.10 Å². The number of nitrogens with zero attached hydrogens (tertiary/aromatic N) is 4. The van der Waals surface area contributed by atoms with Gasteiger partial charge < -0.3 is 9.80 Å². The first-order valence-corrected chi connectivity index (χ1v) is 8.54. The van der Waals surface area contributed by atoms with Crippen LogP contribution in [-0.4, -0.2) is 46.8 Å². The molecule has 26 heavy (non-hydrogen) atoms. The van der Waals surface area contributed by atoms with Crippen molar-refractivity contribution in [3.05, 3.63) is 46.2 Å². The van der Waals surface area contributed by atoms with E-state index in [0.29, 0.717) is 37.6 Å². The summed E-state index contributed by atoms with van der Waals surface area (Å²) >= 11 is 5.98. The Hall–Kier alpha value is -2.22. The molecule has 0 unspecified atom stereocenters. The van der Waals surface area contributed by atoms with E-state index >= 15 is 0 Å². The Morgan fingerprint density at radius 2 is 1.88 bits per heavy atom. The van der Waals surface area contributed by atoms with Crippen LogP contribution in [0.1, 0.15) is 11.4 Å². The quantitative estimate of drug-likeness (QED) is 0.811. The van der Waals surface area contributed by atoms with E-state index in [1.54, 1.807) is 11.8 Å². The number of carbonyl (C=O) groups is 1. The zero-order chi connectivity index (χ0) is 18.8. The first-order valence-electron chi connectivity index (χ1n) is 8.16. The molecule has 0 N–H and O–H groups in total. The van der Waals surface area contributed by atoms with Crippen LogP contribution in [0.15, 0.2) is 18.2 Å². The average Bonchev–Trinajstić information content (AvgIpc) is 2.92. The second kappa shape index (κ2) is 7.57. The van der Waals surface area contributed by atoms with Crippen LogP contribution in [0.2, 0.25) is 5.02 Å². The fraction of sp³-hybridized carbons (Fsp3) is 0.412. The van der Waals surface area contributed by atoms with Gasteiger partial charge in [-0.05, 0) is 19.1 Å². The second-order valence-corrected chi connectivity index (χ2v) is 6.48. The largest absolute Gasteiger partial charge is 0.368 e. The fourth-order valence-corrected chi connectivity index (χ4v) is 3.14. The molecular weight excluding hydrogens is 369 g/mol. The first-order chi connectivity index (χ1) is 12.4. The average molecular weight is 387 g/mol. The predicted molar refractivity (Wildman–Crippen MR) is 91.9 cm³/mol. The maximum atomic E-state index is 13.4. The second-order valence-electron chi connectivity index (χ2n) is 6.10. The Bertz CT molecular complexity index is 819. The highest BCUT2D eigenvalue weighted by atomic mass is 35.5. The van der Waals surface area contributed by atoms with Crippen LogP contribution in [0.25, 0.3) is 0 Å². The molecule has 1 saturated heterocycles. The number of halogens is 4. The van der Waals surface area contributed by atoms with Gasteiger partial charge in [0.25, 0.3) is 0 Å². The Morgan fingerprint density at radius 3 is 2.46 bits per heavy atom. The van der Waals surface area contributed by atoms with Crippen molar-refractivity contribution in [1.29, 1.82) is 0 Å². The molecule has 0 radical (unpaired) electrons. The van der Waals surface area contributed by atoms with Crippen molar-refractivity contribution in [2.24, 2.45) is 0 Å². The topological polar surface area (TPSA) is 41.4 Å². The molecule has 9 heteroatoms. The number of hydrogen-bond acceptors (Lipinski definition) is 3.